The van der Waals surface area contributed by atoms with Crippen LogP contribution in [-0.4, -0.2) is 11.4 Å². The summed E-state index contributed by atoms with van der Waals surface area (Å²) in [5.41, 5.74) is 10.7. The minimum atomic E-state index is 0.928. The highest BCUT2D eigenvalue weighted by molar-refractivity contribution is 6.25. The average Bonchev–Trinajstić information content (AvgIpc) is 3.08. The summed E-state index contributed by atoms with van der Waals surface area (Å²) in [7, 11) is 0. The number of allylic oxidation sites excluding steroid dienone is 1. The Kier molecular flexibility index (Phi) is 5.67. The first-order valence-corrected chi connectivity index (χ1v) is 15.3. The fourth-order valence-corrected chi connectivity index (χ4v) is 6.73. The molecule has 2 nitrogen and oxygen atoms in total. The molecule has 2 aliphatic rings. The number of aliphatic imine (C=N–C) groups is 2. The van der Waals surface area contributed by atoms with E-state index in [-0.39, 0.29) is 0 Å². The summed E-state index contributed by atoms with van der Waals surface area (Å²) < 4.78 is 0. The lowest BCUT2D eigenvalue weighted by Crippen LogP contribution is -2.11. The molecular weight excluding hydrogens is 532 g/mol. The van der Waals surface area contributed by atoms with Crippen LogP contribution in [0.1, 0.15) is 39.8 Å². The quantitative estimate of drug-likeness (QED) is 0.201. The fraction of sp³-hybridized carbons (Fsp3) is 0.0476. The SMILES string of the molecule is C1=Cc2cc(/C3=N/c4cc5ccccc5cc4/C(c4ccc5ccccc5c4)=N\c4cc5ccccc5cc43)ccc2CC1. The third kappa shape index (κ3) is 4.19. The number of hydrogen-bond donors (Lipinski definition) is 0. The van der Waals surface area contributed by atoms with E-state index in [0.717, 1.165) is 57.9 Å². The Bertz CT molecular complexity index is 2390. The van der Waals surface area contributed by atoms with E-state index in [0.29, 0.717) is 0 Å². The first kappa shape index (κ1) is 24.9. The molecule has 0 fully saturated rings. The molecule has 206 valence electrons. The smallest absolute Gasteiger partial charge is 0.0803 e. The molecule has 0 spiro atoms. The largest absolute Gasteiger partial charge is 0.247 e. The fourth-order valence-electron chi connectivity index (χ4n) is 6.73. The molecule has 7 aromatic carbocycles. The van der Waals surface area contributed by atoms with Gasteiger partial charge < -0.3 is 0 Å². The summed E-state index contributed by atoms with van der Waals surface area (Å²) in [5, 5.41) is 7.10. The number of hydrogen-bond acceptors (Lipinski definition) is 2. The molecular formula is C42H28N2. The lowest BCUT2D eigenvalue weighted by molar-refractivity contribution is 0.985. The predicted molar refractivity (Wildman–Crippen MR) is 186 cm³/mol. The molecule has 0 unspecified atom stereocenters. The Morgan fingerprint density at radius 3 is 1.55 bits per heavy atom. The molecule has 0 bridgehead atoms. The van der Waals surface area contributed by atoms with E-state index in [4.69, 9.17) is 9.98 Å². The first-order chi connectivity index (χ1) is 21.8. The van der Waals surface area contributed by atoms with Crippen LogP contribution >= 0.6 is 0 Å². The minimum Gasteiger partial charge on any atom is -0.247 e. The summed E-state index contributed by atoms with van der Waals surface area (Å²) >= 11 is 0. The van der Waals surface area contributed by atoms with Crippen molar-refractivity contribution >= 4 is 61.2 Å². The van der Waals surface area contributed by atoms with Gasteiger partial charge in [0.2, 0.25) is 0 Å². The third-order valence-corrected chi connectivity index (χ3v) is 9.02. The van der Waals surface area contributed by atoms with Crippen LogP contribution in [0.15, 0.2) is 150 Å². The molecule has 0 saturated carbocycles. The van der Waals surface area contributed by atoms with Crippen LogP contribution in [0.4, 0.5) is 11.4 Å². The van der Waals surface area contributed by atoms with Crippen LogP contribution < -0.4 is 0 Å². The van der Waals surface area contributed by atoms with Gasteiger partial charge in [0, 0.05) is 22.3 Å². The van der Waals surface area contributed by atoms with Crippen LogP contribution in [0.2, 0.25) is 0 Å². The van der Waals surface area contributed by atoms with E-state index in [2.05, 4.69) is 146 Å². The highest BCUT2D eigenvalue weighted by atomic mass is 14.8. The van der Waals surface area contributed by atoms with Gasteiger partial charge in [-0.3, -0.25) is 0 Å². The van der Waals surface area contributed by atoms with E-state index in [1.54, 1.807) is 0 Å². The molecule has 0 amide bonds. The second kappa shape index (κ2) is 10.00. The lowest BCUT2D eigenvalue weighted by Gasteiger charge is -2.20. The van der Waals surface area contributed by atoms with Gasteiger partial charge in [0.1, 0.15) is 0 Å². The van der Waals surface area contributed by atoms with Crippen LogP contribution in [0, 0.1) is 0 Å². The molecule has 0 N–H and O–H groups in total. The summed E-state index contributed by atoms with van der Waals surface area (Å²) in [4.78, 5) is 11.1. The molecule has 9 rings (SSSR count). The third-order valence-electron chi connectivity index (χ3n) is 9.02. The zero-order valence-electron chi connectivity index (χ0n) is 24.2. The summed E-state index contributed by atoms with van der Waals surface area (Å²) in [6.45, 7) is 0. The van der Waals surface area contributed by atoms with Crippen molar-refractivity contribution < 1.29 is 0 Å². The Morgan fingerprint density at radius 1 is 0.432 bits per heavy atom. The zero-order valence-corrected chi connectivity index (χ0v) is 24.2. The predicted octanol–water partition coefficient (Wildman–Crippen LogP) is 10.8. The van der Waals surface area contributed by atoms with Gasteiger partial charge in [-0.05, 0) is 92.7 Å². The van der Waals surface area contributed by atoms with Crippen molar-refractivity contribution in [2.75, 3.05) is 0 Å². The van der Waals surface area contributed by atoms with E-state index < -0.39 is 0 Å². The topological polar surface area (TPSA) is 24.7 Å². The maximum atomic E-state index is 5.57. The van der Waals surface area contributed by atoms with Gasteiger partial charge in [0.05, 0.1) is 22.8 Å². The van der Waals surface area contributed by atoms with Gasteiger partial charge in [0.25, 0.3) is 0 Å². The Labute approximate surface area is 256 Å². The number of nitrogens with zero attached hydrogens (tertiary/aromatic N) is 2. The van der Waals surface area contributed by atoms with Crippen molar-refractivity contribution in [3.8, 4) is 0 Å². The van der Waals surface area contributed by atoms with Crippen LogP contribution in [0.3, 0.4) is 0 Å². The van der Waals surface area contributed by atoms with Gasteiger partial charge in [0.15, 0.2) is 0 Å². The molecule has 0 aromatic heterocycles. The molecule has 0 radical (unpaired) electrons. The zero-order chi connectivity index (χ0) is 29.0. The number of aryl methyl sites for hydroxylation is 1. The van der Waals surface area contributed by atoms with Gasteiger partial charge >= 0.3 is 0 Å². The van der Waals surface area contributed by atoms with Gasteiger partial charge in [-0.25, -0.2) is 9.98 Å². The number of rotatable bonds is 2. The highest BCUT2D eigenvalue weighted by Crippen LogP contribution is 2.38. The monoisotopic (exact) mass is 560 g/mol. The van der Waals surface area contributed by atoms with Gasteiger partial charge in [-0.15, -0.1) is 0 Å². The number of benzene rings is 7. The first-order valence-electron chi connectivity index (χ1n) is 15.3. The summed E-state index contributed by atoms with van der Waals surface area (Å²) in [5.74, 6) is 0. The van der Waals surface area contributed by atoms with Crippen molar-refractivity contribution in [1.82, 2.24) is 0 Å². The van der Waals surface area contributed by atoms with Crippen molar-refractivity contribution in [1.29, 1.82) is 0 Å². The lowest BCUT2D eigenvalue weighted by atomic mass is 9.90. The molecule has 44 heavy (non-hydrogen) atoms. The maximum absolute atomic E-state index is 5.57. The molecule has 1 heterocycles. The van der Waals surface area contributed by atoms with Crippen molar-refractivity contribution in [2.24, 2.45) is 9.98 Å². The highest BCUT2D eigenvalue weighted by Gasteiger charge is 2.22. The molecule has 1 aliphatic heterocycles. The van der Waals surface area contributed by atoms with Crippen LogP contribution in [0.25, 0.3) is 38.4 Å². The molecule has 1 aliphatic carbocycles. The Balaban J connectivity index is 1.38. The normalized spacial score (nSPS) is 16.3. The van der Waals surface area contributed by atoms with Crippen LogP contribution in [0.5, 0.6) is 0 Å². The maximum Gasteiger partial charge on any atom is 0.0803 e. The van der Waals surface area contributed by atoms with E-state index >= 15 is 0 Å². The van der Waals surface area contributed by atoms with E-state index in [1.807, 2.05) is 0 Å². The Hall–Kier alpha value is -5.60. The molecule has 0 saturated heterocycles. The van der Waals surface area contributed by atoms with Crippen molar-refractivity contribution in [3.05, 3.63) is 173 Å². The van der Waals surface area contributed by atoms with E-state index in [9.17, 15) is 0 Å². The minimum absolute atomic E-state index is 0.928. The van der Waals surface area contributed by atoms with Gasteiger partial charge in [-0.2, -0.15) is 0 Å². The van der Waals surface area contributed by atoms with E-state index in [1.165, 1.54) is 43.4 Å². The second-order valence-electron chi connectivity index (χ2n) is 11.8. The molecule has 7 aromatic rings. The van der Waals surface area contributed by atoms with Crippen LogP contribution in [-0.2, 0) is 6.42 Å². The summed E-state index contributed by atoms with van der Waals surface area (Å²) in [6.07, 6.45) is 6.70. The molecule has 0 atom stereocenters. The van der Waals surface area contributed by atoms with Crippen molar-refractivity contribution in [3.63, 3.8) is 0 Å². The average molecular weight is 561 g/mol. The summed E-state index contributed by atoms with van der Waals surface area (Å²) in [6, 6.07) is 48.1. The Morgan fingerprint density at radius 2 is 0.932 bits per heavy atom. The van der Waals surface area contributed by atoms with Crippen molar-refractivity contribution in [2.45, 2.75) is 12.8 Å². The van der Waals surface area contributed by atoms with Gasteiger partial charge in [-0.1, -0.05) is 109 Å². The standard InChI is InChI=1S/C42H28N2/c1-3-11-29-21-35(19-17-27(29)9-1)41-37-23-31-13-5-7-15-33(31)25-39(37)44-42(36-20-18-28-10-2-4-12-30(28)22-36)38-24-32-14-6-8-16-34(32)26-40(38)43-41/h1,3-9,11-26H,2,10H2/b41-37?,42-38?,43-40?,43-41-,44-39?,44-42-. The number of fused-ring (bicyclic) bond motifs is 6. The second-order valence-corrected chi connectivity index (χ2v) is 11.8. The molecule has 2 heteroatoms.